The molecule has 2 aromatic carbocycles. The van der Waals surface area contributed by atoms with Gasteiger partial charge in [-0.2, -0.15) is 0 Å². The second-order valence-electron chi connectivity index (χ2n) is 9.31. The van der Waals surface area contributed by atoms with Crippen LogP contribution in [-0.2, 0) is 20.8 Å². The largest absolute Gasteiger partial charge is 0.508 e. The lowest BCUT2D eigenvalue weighted by molar-refractivity contribution is -0.147. The predicted molar refractivity (Wildman–Crippen MR) is 125 cm³/mol. The molecule has 0 heterocycles. The number of ether oxygens (including phenoxy) is 1. The van der Waals surface area contributed by atoms with Crippen LogP contribution in [0.15, 0.2) is 53.3 Å². The summed E-state index contributed by atoms with van der Waals surface area (Å²) < 4.78 is 5.21. The molecule has 0 aromatic heterocycles. The molecule has 0 radical (unpaired) electrons. The molecule has 5 rings (SSSR count). The van der Waals surface area contributed by atoms with E-state index < -0.39 is 51.9 Å². The van der Waals surface area contributed by atoms with Crippen molar-refractivity contribution in [1.29, 1.82) is 0 Å². The number of aromatic hydroxyl groups is 1. The number of carbonyl (C=O) groups is 3. The van der Waals surface area contributed by atoms with Crippen molar-refractivity contribution < 1.29 is 39.5 Å². The van der Waals surface area contributed by atoms with Crippen molar-refractivity contribution in [2.75, 3.05) is 7.11 Å². The van der Waals surface area contributed by atoms with Crippen LogP contribution in [0.1, 0.15) is 30.9 Å². The lowest BCUT2D eigenvalue weighted by Gasteiger charge is -2.46. The number of hydrogen-bond acceptors (Lipinski definition) is 8. The Kier molecular flexibility index (Phi) is 5.10. The Morgan fingerprint density at radius 1 is 1.03 bits per heavy atom. The van der Waals surface area contributed by atoms with Gasteiger partial charge in [0.15, 0.2) is 17.2 Å². The van der Waals surface area contributed by atoms with E-state index in [0.29, 0.717) is 11.3 Å². The zero-order chi connectivity index (χ0) is 25.2. The van der Waals surface area contributed by atoms with Gasteiger partial charge in [-0.1, -0.05) is 18.2 Å². The second kappa shape index (κ2) is 7.81. The minimum Gasteiger partial charge on any atom is -0.508 e. The Labute approximate surface area is 200 Å². The summed E-state index contributed by atoms with van der Waals surface area (Å²) in [7, 11) is 1.56. The smallest absolute Gasteiger partial charge is 0.202 e. The number of ketones is 3. The third-order valence-electron chi connectivity index (χ3n) is 7.45. The third-order valence-corrected chi connectivity index (χ3v) is 7.45. The quantitative estimate of drug-likeness (QED) is 0.495. The highest BCUT2D eigenvalue weighted by Crippen LogP contribution is 2.53. The Morgan fingerprint density at radius 2 is 1.71 bits per heavy atom. The molecule has 8 heteroatoms. The Bertz CT molecular complexity index is 1360. The first-order chi connectivity index (χ1) is 16.6. The average Bonchev–Trinajstić information content (AvgIpc) is 2.81. The maximum absolute atomic E-state index is 13.6. The van der Waals surface area contributed by atoms with E-state index in [1.54, 1.807) is 25.3 Å². The third kappa shape index (κ3) is 3.13. The normalized spacial score (nSPS) is 25.7. The standard InChI is InChI=1S/C27H24O8/c1-12(28)21-20(30)11-15-9-14-10-18-17(13-3-5-16(35-2)6-4-13)7-8-19(29)23(18)24(31)22(14)26(33)27(15,34)25(21)32/h3-8,14-15,29,31-32,34H,9-11H2,1-2H3/t14-,15+,27-/m1/s1. The van der Waals surface area contributed by atoms with Gasteiger partial charge in [0.1, 0.15) is 28.6 Å². The molecule has 35 heavy (non-hydrogen) atoms. The summed E-state index contributed by atoms with van der Waals surface area (Å²) in [5.41, 5.74) is -0.918. The monoisotopic (exact) mass is 476 g/mol. The van der Waals surface area contributed by atoms with Crippen LogP contribution in [0.2, 0.25) is 0 Å². The van der Waals surface area contributed by atoms with E-state index >= 15 is 0 Å². The van der Waals surface area contributed by atoms with Crippen molar-refractivity contribution in [1.82, 2.24) is 0 Å². The average molecular weight is 476 g/mol. The van der Waals surface area contributed by atoms with Gasteiger partial charge < -0.3 is 25.2 Å². The molecule has 0 aliphatic heterocycles. The van der Waals surface area contributed by atoms with Crippen molar-refractivity contribution in [2.24, 2.45) is 11.8 Å². The molecule has 0 amide bonds. The molecule has 0 saturated heterocycles. The molecule has 2 aromatic rings. The van der Waals surface area contributed by atoms with Crippen LogP contribution >= 0.6 is 0 Å². The minimum absolute atomic E-state index is 0.0853. The van der Waals surface area contributed by atoms with Crippen LogP contribution in [0, 0.1) is 11.8 Å². The maximum Gasteiger partial charge on any atom is 0.202 e. The van der Waals surface area contributed by atoms with Crippen molar-refractivity contribution in [3.63, 3.8) is 0 Å². The molecule has 1 fully saturated rings. The molecule has 8 nitrogen and oxygen atoms in total. The number of fused-ring (bicyclic) bond motifs is 3. The van der Waals surface area contributed by atoms with E-state index in [-0.39, 0.29) is 36.1 Å². The summed E-state index contributed by atoms with van der Waals surface area (Å²) in [5, 5.41) is 43.9. The number of carbonyl (C=O) groups excluding carboxylic acids is 3. The summed E-state index contributed by atoms with van der Waals surface area (Å²) in [6, 6.07) is 10.4. The van der Waals surface area contributed by atoms with E-state index in [9.17, 15) is 34.8 Å². The molecule has 4 N–H and O–H groups in total. The number of rotatable bonds is 3. The van der Waals surface area contributed by atoms with Gasteiger partial charge in [0.25, 0.3) is 0 Å². The van der Waals surface area contributed by atoms with Crippen LogP contribution in [0.3, 0.4) is 0 Å². The van der Waals surface area contributed by atoms with Crippen molar-refractivity contribution >= 4 is 23.1 Å². The first kappa shape index (κ1) is 22.9. The van der Waals surface area contributed by atoms with Gasteiger partial charge >= 0.3 is 0 Å². The van der Waals surface area contributed by atoms with E-state index in [0.717, 1.165) is 18.1 Å². The first-order valence-corrected chi connectivity index (χ1v) is 11.3. The number of benzene rings is 2. The summed E-state index contributed by atoms with van der Waals surface area (Å²) in [5.74, 6) is -4.83. The topological polar surface area (TPSA) is 141 Å². The molecule has 0 bridgehead atoms. The zero-order valence-electron chi connectivity index (χ0n) is 19.2. The Balaban J connectivity index is 1.68. The Morgan fingerprint density at radius 3 is 2.34 bits per heavy atom. The van der Waals surface area contributed by atoms with Gasteiger partial charge in [-0.15, -0.1) is 0 Å². The van der Waals surface area contributed by atoms with Gasteiger partial charge in [-0.3, -0.25) is 14.4 Å². The molecule has 0 unspecified atom stereocenters. The van der Waals surface area contributed by atoms with Gasteiger partial charge in [0.05, 0.1) is 12.7 Å². The fourth-order valence-electron chi connectivity index (χ4n) is 5.77. The Hall–Kier alpha value is -3.91. The number of aliphatic hydroxyl groups excluding tert-OH is 2. The second-order valence-corrected chi connectivity index (χ2v) is 9.31. The molecular weight excluding hydrogens is 452 g/mol. The number of methoxy groups -OCH3 is 1. The number of Topliss-reactive ketones (excluding diaryl/α,β-unsaturated/α-hetero) is 3. The van der Waals surface area contributed by atoms with Crippen molar-refractivity contribution in [3.8, 4) is 22.6 Å². The van der Waals surface area contributed by atoms with Crippen molar-refractivity contribution in [2.45, 2.75) is 31.8 Å². The molecule has 0 spiro atoms. The van der Waals surface area contributed by atoms with Gasteiger partial charge in [0.2, 0.25) is 5.78 Å². The van der Waals surface area contributed by atoms with Gasteiger partial charge in [0, 0.05) is 17.9 Å². The number of hydrogen-bond donors (Lipinski definition) is 4. The van der Waals surface area contributed by atoms with Crippen LogP contribution in [0.25, 0.3) is 16.9 Å². The van der Waals surface area contributed by atoms with Crippen LogP contribution in [-0.4, -0.2) is 50.5 Å². The van der Waals surface area contributed by atoms with Gasteiger partial charge in [-0.25, -0.2) is 0 Å². The molecule has 3 atom stereocenters. The van der Waals surface area contributed by atoms with Crippen LogP contribution in [0.4, 0.5) is 0 Å². The highest BCUT2D eigenvalue weighted by Gasteiger charge is 2.60. The lowest BCUT2D eigenvalue weighted by atomic mass is 9.59. The SMILES string of the molecule is COc1ccc(-c2ccc(O)c3c2C[C@H]2C[C@H]4CC(=O)C(C(C)=O)=C(O)[C@@]4(O)C(=O)C2=C3O)cc1. The highest BCUT2D eigenvalue weighted by atomic mass is 16.5. The summed E-state index contributed by atoms with van der Waals surface area (Å²) in [6.45, 7) is 1.08. The maximum atomic E-state index is 13.6. The van der Waals surface area contributed by atoms with Crippen LogP contribution < -0.4 is 4.74 Å². The zero-order valence-corrected chi connectivity index (χ0v) is 19.2. The van der Waals surface area contributed by atoms with Crippen LogP contribution in [0.5, 0.6) is 11.5 Å². The highest BCUT2D eigenvalue weighted by molar-refractivity contribution is 6.23. The number of phenols is 1. The fourth-order valence-corrected chi connectivity index (χ4v) is 5.77. The molecule has 3 aliphatic carbocycles. The lowest BCUT2D eigenvalue weighted by Crippen LogP contribution is -2.57. The van der Waals surface area contributed by atoms with E-state index in [2.05, 4.69) is 0 Å². The summed E-state index contributed by atoms with van der Waals surface area (Å²) in [4.78, 5) is 38.1. The molecular formula is C27H24O8. The molecule has 1 saturated carbocycles. The summed E-state index contributed by atoms with van der Waals surface area (Å²) >= 11 is 0. The molecule has 180 valence electrons. The predicted octanol–water partition coefficient (Wildman–Crippen LogP) is 3.20. The number of allylic oxidation sites excluding steroid dienone is 1. The number of phenolic OH excluding ortho intramolecular Hbond substituents is 1. The summed E-state index contributed by atoms with van der Waals surface area (Å²) in [6.07, 6.45) is 0.116. The van der Waals surface area contributed by atoms with E-state index in [4.69, 9.17) is 4.74 Å². The van der Waals surface area contributed by atoms with Gasteiger partial charge in [-0.05, 0) is 60.6 Å². The first-order valence-electron chi connectivity index (χ1n) is 11.3. The number of aliphatic hydroxyl groups is 3. The fraction of sp³-hybridized carbons (Fsp3) is 0.296. The molecule has 3 aliphatic rings. The minimum atomic E-state index is -2.49. The van der Waals surface area contributed by atoms with Crippen molar-refractivity contribution in [3.05, 3.63) is 64.4 Å². The van der Waals surface area contributed by atoms with E-state index in [1.165, 1.54) is 6.07 Å². The van der Waals surface area contributed by atoms with E-state index in [1.807, 2.05) is 12.1 Å².